The fraction of sp³-hybridized carbons (Fsp3) is 0.0870. The van der Waals surface area contributed by atoms with Gasteiger partial charge in [0.1, 0.15) is 11.6 Å². The Bertz CT molecular complexity index is 1200. The van der Waals surface area contributed by atoms with Crippen LogP contribution in [0, 0.1) is 11.6 Å². The molecular weight excluding hydrogens is 413 g/mol. The predicted octanol–water partition coefficient (Wildman–Crippen LogP) is 6.45. The monoisotopic (exact) mass is 429 g/mol. The molecule has 0 fully saturated rings. The van der Waals surface area contributed by atoms with E-state index in [0.717, 1.165) is 11.6 Å². The van der Waals surface area contributed by atoms with Gasteiger partial charge in [-0.1, -0.05) is 42.5 Å². The van der Waals surface area contributed by atoms with Crippen LogP contribution in [0.2, 0.25) is 0 Å². The van der Waals surface area contributed by atoms with Crippen LogP contribution in [0.25, 0.3) is 16.9 Å². The molecule has 0 unspecified atom stereocenters. The molecule has 3 aromatic carbocycles. The molecule has 3 nitrogen and oxygen atoms in total. The van der Waals surface area contributed by atoms with Crippen LogP contribution < -0.4 is 5.32 Å². The Morgan fingerprint density at radius 3 is 2.32 bits per heavy atom. The summed E-state index contributed by atoms with van der Waals surface area (Å²) < 4.78 is 67.6. The summed E-state index contributed by atoms with van der Waals surface area (Å²) in [5.41, 5.74) is 0.951. The van der Waals surface area contributed by atoms with Gasteiger partial charge in [0.15, 0.2) is 0 Å². The average Bonchev–Trinajstić information content (AvgIpc) is 3.16. The number of hydrogen-bond donors (Lipinski definition) is 1. The van der Waals surface area contributed by atoms with Gasteiger partial charge < -0.3 is 5.32 Å². The molecule has 158 valence electrons. The summed E-state index contributed by atoms with van der Waals surface area (Å²) in [7, 11) is 0. The van der Waals surface area contributed by atoms with E-state index in [1.54, 1.807) is 22.9 Å². The summed E-state index contributed by atoms with van der Waals surface area (Å²) in [5.74, 6) is -1.43. The van der Waals surface area contributed by atoms with Crippen molar-refractivity contribution in [3.05, 3.63) is 102 Å². The summed E-state index contributed by atoms with van der Waals surface area (Å²) in [5, 5.41) is 3.00. The fourth-order valence-corrected chi connectivity index (χ4v) is 3.16. The topological polar surface area (TPSA) is 29.9 Å². The lowest BCUT2D eigenvalue weighted by atomic mass is 10.1. The number of benzene rings is 3. The zero-order valence-corrected chi connectivity index (χ0v) is 16.0. The highest BCUT2D eigenvalue weighted by molar-refractivity contribution is 5.62. The predicted molar refractivity (Wildman–Crippen MR) is 108 cm³/mol. The molecule has 4 rings (SSSR count). The van der Waals surface area contributed by atoms with E-state index in [4.69, 9.17) is 0 Å². The number of halogens is 5. The van der Waals surface area contributed by atoms with Gasteiger partial charge in [-0.25, -0.2) is 13.8 Å². The number of rotatable bonds is 5. The Morgan fingerprint density at radius 2 is 1.65 bits per heavy atom. The second-order valence-corrected chi connectivity index (χ2v) is 6.83. The first-order chi connectivity index (χ1) is 14.8. The maximum absolute atomic E-state index is 13.9. The number of nitrogens with one attached hydrogen (secondary N) is 1. The van der Waals surface area contributed by atoms with Gasteiger partial charge >= 0.3 is 6.18 Å². The van der Waals surface area contributed by atoms with Crippen LogP contribution in [0.1, 0.15) is 11.1 Å². The van der Waals surface area contributed by atoms with Crippen molar-refractivity contribution in [2.24, 2.45) is 0 Å². The standard InChI is InChI=1S/C23H16F5N3/c24-17-7-4-8-18(12-17)31-14-21(16-5-2-1-3-6-16)30-22(31)29-13-15-9-10-19(20(25)11-15)23(26,27)28/h1-12,14H,13H2,(H,29,30). The van der Waals surface area contributed by atoms with Crippen molar-refractivity contribution in [2.45, 2.75) is 12.7 Å². The molecule has 0 amide bonds. The molecule has 1 N–H and O–H groups in total. The van der Waals surface area contributed by atoms with Crippen molar-refractivity contribution in [2.75, 3.05) is 5.32 Å². The third-order valence-corrected chi connectivity index (χ3v) is 4.65. The minimum absolute atomic E-state index is 0.0234. The van der Waals surface area contributed by atoms with Crippen LogP contribution in [-0.2, 0) is 12.7 Å². The summed E-state index contributed by atoms with van der Waals surface area (Å²) in [4.78, 5) is 4.54. The second-order valence-electron chi connectivity index (χ2n) is 6.83. The van der Waals surface area contributed by atoms with E-state index < -0.39 is 23.4 Å². The average molecular weight is 429 g/mol. The Kier molecular flexibility index (Phi) is 5.46. The molecule has 0 saturated carbocycles. The van der Waals surface area contributed by atoms with Crippen molar-refractivity contribution in [1.82, 2.24) is 9.55 Å². The van der Waals surface area contributed by atoms with E-state index in [2.05, 4.69) is 10.3 Å². The molecule has 4 aromatic rings. The highest BCUT2D eigenvalue weighted by atomic mass is 19.4. The van der Waals surface area contributed by atoms with Crippen LogP contribution in [0.3, 0.4) is 0 Å². The van der Waals surface area contributed by atoms with E-state index in [9.17, 15) is 22.0 Å². The number of imidazole rings is 1. The van der Waals surface area contributed by atoms with Gasteiger partial charge in [0, 0.05) is 18.3 Å². The van der Waals surface area contributed by atoms with Gasteiger partial charge in [-0.2, -0.15) is 13.2 Å². The van der Waals surface area contributed by atoms with Gasteiger partial charge in [0.2, 0.25) is 5.95 Å². The van der Waals surface area contributed by atoms with E-state index in [1.807, 2.05) is 30.3 Å². The van der Waals surface area contributed by atoms with Crippen molar-refractivity contribution in [3.8, 4) is 16.9 Å². The molecule has 0 aliphatic carbocycles. The molecule has 0 bridgehead atoms. The van der Waals surface area contributed by atoms with E-state index >= 15 is 0 Å². The maximum Gasteiger partial charge on any atom is 0.419 e. The first-order valence-corrected chi connectivity index (χ1v) is 9.31. The van der Waals surface area contributed by atoms with Crippen LogP contribution in [0.15, 0.2) is 79.0 Å². The van der Waals surface area contributed by atoms with Crippen LogP contribution >= 0.6 is 0 Å². The fourth-order valence-electron chi connectivity index (χ4n) is 3.16. The molecular formula is C23H16F5N3. The van der Waals surface area contributed by atoms with Crippen molar-refractivity contribution >= 4 is 5.95 Å². The maximum atomic E-state index is 13.9. The lowest BCUT2D eigenvalue weighted by Crippen LogP contribution is -2.10. The third-order valence-electron chi connectivity index (χ3n) is 4.65. The first-order valence-electron chi connectivity index (χ1n) is 9.31. The third kappa shape index (κ3) is 4.58. The van der Waals surface area contributed by atoms with Crippen molar-refractivity contribution < 1.29 is 22.0 Å². The number of anilines is 1. The largest absolute Gasteiger partial charge is 0.419 e. The summed E-state index contributed by atoms with van der Waals surface area (Å²) >= 11 is 0. The SMILES string of the molecule is Fc1cccc(-n2cc(-c3ccccc3)nc2NCc2ccc(C(F)(F)F)c(F)c2)c1. The number of aromatic nitrogens is 2. The Balaban J connectivity index is 1.66. The van der Waals surface area contributed by atoms with Crippen LogP contribution in [-0.4, -0.2) is 9.55 Å². The van der Waals surface area contributed by atoms with Gasteiger partial charge in [-0.3, -0.25) is 4.57 Å². The lowest BCUT2D eigenvalue weighted by molar-refractivity contribution is -0.140. The molecule has 1 aromatic heterocycles. The molecule has 0 atom stereocenters. The second kappa shape index (κ2) is 8.22. The number of hydrogen-bond acceptors (Lipinski definition) is 2. The molecule has 31 heavy (non-hydrogen) atoms. The lowest BCUT2D eigenvalue weighted by Gasteiger charge is -2.12. The zero-order valence-electron chi connectivity index (χ0n) is 16.0. The minimum Gasteiger partial charge on any atom is -0.351 e. The Hall–Kier alpha value is -3.68. The quantitative estimate of drug-likeness (QED) is 0.370. The number of alkyl halides is 3. The molecule has 0 radical (unpaired) electrons. The van der Waals surface area contributed by atoms with Gasteiger partial charge in [0.25, 0.3) is 0 Å². The first kappa shape index (κ1) is 20.6. The summed E-state index contributed by atoms with van der Waals surface area (Å²) in [6.07, 6.45) is -3.03. The molecule has 0 aliphatic heterocycles. The van der Waals surface area contributed by atoms with E-state index in [-0.39, 0.29) is 6.54 Å². The number of nitrogens with zero attached hydrogens (tertiary/aromatic N) is 2. The highest BCUT2D eigenvalue weighted by Crippen LogP contribution is 2.32. The molecule has 0 saturated heterocycles. The highest BCUT2D eigenvalue weighted by Gasteiger charge is 2.33. The Morgan fingerprint density at radius 1 is 0.871 bits per heavy atom. The van der Waals surface area contributed by atoms with Crippen molar-refractivity contribution in [3.63, 3.8) is 0 Å². The van der Waals surface area contributed by atoms with Gasteiger partial charge in [-0.05, 0) is 35.9 Å². The van der Waals surface area contributed by atoms with Crippen LogP contribution in [0.4, 0.5) is 27.9 Å². The minimum atomic E-state index is -4.76. The summed E-state index contributed by atoms with van der Waals surface area (Å²) in [6.45, 7) is 0.0234. The zero-order chi connectivity index (χ0) is 22.0. The smallest absolute Gasteiger partial charge is 0.351 e. The summed E-state index contributed by atoms with van der Waals surface area (Å²) in [6, 6.07) is 18.0. The van der Waals surface area contributed by atoms with E-state index in [0.29, 0.717) is 29.0 Å². The Labute approximate surface area is 174 Å². The van der Waals surface area contributed by atoms with Crippen molar-refractivity contribution in [1.29, 1.82) is 0 Å². The molecule has 0 aliphatic rings. The van der Waals surface area contributed by atoms with Gasteiger partial charge in [-0.15, -0.1) is 0 Å². The van der Waals surface area contributed by atoms with E-state index in [1.165, 1.54) is 18.2 Å². The molecule has 1 heterocycles. The van der Waals surface area contributed by atoms with Crippen LogP contribution in [0.5, 0.6) is 0 Å². The van der Waals surface area contributed by atoms with Gasteiger partial charge in [0.05, 0.1) is 16.9 Å². The molecule has 8 heteroatoms. The normalized spacial score (nSPS) is 11.5. The molecule has 0 spiro atoms.